The monoisotopic (exact) mass is 485 g/mol. The molecule has 0 spiro atoms. The first kappa shape index (κ1) is 25.0. The molecule has 2 heterocycles. The van der Waals surface area contributed by atoms with Crippen molar-refractivity contribution in [1.29, 1.82) is 0 Å². The Balaban J connectivity index is 1.49. The SMILES string of the molecule is CC1(C)CC(C(C)(C)c2ccccc2)Nc2c(C(=O)NCCN3CCS(O)(O)CC3)cccc21. The highest BCUT2D eigenvalue weighted by molar-refractivity contribution is 8.24. The Kier molecular flexibility index (Phi) is 7.02. The number of anilines is 1. The fraction of sp³-hybridized carbons (Fsp3) is 0.519. The fourth-order valence-electron chi connectivity index (χ4n) is 5.22. The molecule has 0 saturated carbocycles. The molecule has 7 heteroatoms. The maximum absolute atomic E-state index is 13.3. The first-order valence-corrected chi connectivity index (χ1v) is 14.1. The van der Waals surface area contributed by atoms with Crippen molar-refractivity contribution in [3.8, 4) is 0 Å². The Morgan fingerprint density at radius 1 is 1.12 bits per heavy atom. The fourth-order valence-corrected chi connectivity index (χ4v) is 6.53. The van der Waals surface area contributed by atoms with Gasteiger partial charge in [0.2, 0.25) is 0 Å². The van der Waals surface area contributed by atoms with Crippen molar-refractivity contribution >= 4 is 22.2 Å². The third-order valence-corrected chi connectivity index (χ3v) is 9.32. The molecule has 2 aliphatic rings. The van der Waals surface area contributed by atoms with Gasteiger partial charge in [-0.1, -0.05) is 70.2 Å². The van der Waals surface area contributed by atoms with Gasteiger partial charge in [-0.3, -0.25) is 18.8 Å². The molecule has 2 aromatic carbocycles. The average molecular weight is 486 g/mol. The van der Waals surface area contributed by atoms with Crippen molar-refractivity contribution in [2.24, 2.45) is 0 Å². The lowest BCUT2D eigenvalue weighted by atomic mass is 9.66. The van der Waals surface area contributed by atoms with Gasteiger partial charge in [0.05, 0.1) is 22.8 Å². The van der Waals surface area contributed by atoms with Crippen LogP contribution < -0.4 is 10.6 Å². The zero-order valence-corrected chi connectivity index (χ0v) is 21.6. The van der Waals surface area contributed by atoms with E-state index in [-0.39, 0.29) is 22.8 Å². The van der Waals surface area contributed by atoms with Gasteiger partial charge in [0.25, 0.3) is 5.91 Å². The van der Waals surface area contributed by atoms with Gasteiger partial charge in [0.1, 0.15) is 0 Å². The first-order chi connectivity index (χ1) is 16.0. The van der Waals surface area contributed by atoms with Crippen LogP contribution >= 0.6 is 10.6 Å². The van der Waals surface area contributed by atoms with Crippen LogP contribution in [0, 0.1) is 0 Å². The van der Waals surface area contributed by atoms with Crippen molar-refractivity contribution < 1.29 is 13.9 Å². The molecule has 6 nitrogen and oxygen atoms in total. The van der Waals surface area contributed by atoms with Gasteiger partial charge in [-0.15, -0.1) is 0 Å². The van der Waals surface area contributed by atoms with E-state index in [0.717, 1.165) is 12.1 Å². The summed E-state index contributed by atoms with van der Waals surface area (Å²) in [7, 11) is -2.40. The third kappa shape index (κ3) is 5.28. The zero-order valence-electron chi connectivity index (χ0n) is 20.8. The average Bonchev–Trinajstić information content (AvgIpc) is 2.80. The van der Waals surface area contributed by atoms with E-state index in [0.29, 0.717) is 43.2 Å². The second-order valence-corrected chi connectivity index (χ2v) is 13.3. The summed E-state index contributed by atoms with van der Waals surface area (Å²) in [4.78, 5) is 15.4. The minimum Gasteiger partial charge on any atom is -0.381 e. The number of carbonyl (C=O) groups is 1. The minimum atomic E-state index is -2.40. The maximum atomic E-state index is 13.3. The summed E-state index contributed by atoms with van der Waals surface area (Å²) < 4.78 is 19.6. The van der Waals surface area contributed by atoms with Gasteiger partial charge >= 0.3 is 0 Å². The summed E-state index contributed by atoms with van der Waals surface area (Å²) in [6.45, 7) is 11.6. The van der Waals surface area contributed by atoms with Gasteiger partial charge in [-0.2, -0.15) is 10.6 Å². The van der Waals surface area contributed by atoms with Crippen LogP contribution in [-0.4, -0.2) is 63.6 Å². The predicted molar refractivity (Wildman–Crippen MR) is 142 cm³/mol. The number of para-hydroxylation sites is 1. The van der Waals surface area contributed by atoms with Crippen LogP contribution in [0.15, 0.2) is 48.5 Å². The summed E-state index contributed by atoms with van der Waals surface area (Å²) in [6.07, 6.45) is 0.973. The molecule has 186 valence electrons. The highest BCUT2D eigenvalue weighted by atomic mass is 32.3. The van der Waals surface area contributed by atoms with Gasteiger partial charge in [0.15, 0.2) is 0 Å². The largest absolute Gasteiger partial charge is 0.381 e. The Bertz CT molecular complexity index is 1010. The van der Waals surface area contributed by atoms with Gasteiger partial charge in [0, 0.05) is 37.6 Å². The van der Waals surface area contributed by atoms with Crippen molar-refractivity contribution in [1.82, 2.24) is 10.2 Å². The van der Waals surface area contributed by atoms with Crippen LogP contribution in [-0.2, 0) is 10.8 Å². The molecule has 34 heavy (non-hydrogen) atoms. The number of nitrogens with one attached hydrogen (secondary N) is 2. The van der Waals surface area contributed by atoms with Crippen LogP contribution in [0.5, 0.6) is 0 Å². The van der Waals surface area contributed by atoms with Gasteiger partial charge in [-0.05, 0) is 29.0 Å². The number of hydrogen-bond acceptors (Lipinski definition) is 5. The molecule has 1 saturated heterocycles. The Labute approximate surface area is 205 Å². The summed E-state index contributed by atoms with van der Waals surface area (Å²) in [5.41, 5.74) is 3.92. The number of amides is 1. The van der Waals surface area contributed by atoms with Crippen molar-refractivity contribution in [3.63, 3.8) is 0 Å². The molecule has 0 aromatic heterocycles. The molecule has 0 radical (unpaired) electrons. The van der Waals surface area contributed by atoms with E-state index in [1.807, 2.05) is 18.2 Å². The highest BCUT2D eigenvalue weighted by Crippen LogP contribution is 2.45. The lowest BCUT2D eigenvalue weighted by Gasteiger charge is -2.46. The summed E-state index contributed by atoms with van der Waals surface area (Å²) in [5, 5.41) is 6.86. The number of benzene rings is 2. The number of carbonyl (C=O) groups excluding carboxylic acids is 1. The molecule has 1 atom stereocenters. The second-order valence-electron chi connectivity index (χ2n) is 10.9. The number of rotatable bonds is 6. The number of nitrogens with zero attached hydrogens (tertiary/aromatic N) is 1. The topological polar surface area (TPSA) is 84.8 Å². The van der Waals surface area contributed by atoms with Gasteiger partial charge in [-0.25, -0.2) is 0 Å². The van der Waals surface area contributed by atoms with Gasteiger partial charge < -0.3 is 10.6 Å². The van der Waals surface area contributed by atoms with E-state index in [1.54, 1.807) is 0 Å². The lowest BCUT2D eigenvalue weighted by molar-refractivity contribution is 0.0949. The van der Waals surface area contributed by atoms with Crippen LogP contribution in [0.4, 0.5) is 5.69 Å². The van der Waals surface area contributed by atoms with E-state index < -0.39 is 10.6 Å². The Morgan fingerprint density at radius 3 is 2.47 bits per heavy atom. The quantitative estimate of drug-likeness (QED) is 0.467. The number of hydrogen-bond donors (Lipinski definition) is 4. The van der Waals surface area contributed by atoms with E-state index in [9.17, 15) is 13.9 Å². The molecule has 4 rings (SSSR count). The molecule has 2 aromatic rings. The van der Waals surface area contributed by atoms with E-state index in [1.165, 1.54) is 11.1 Å². The van der Waals surface area contributed by atoms with Crippen LogP contribution in [0.1, 0.15) is 55.6 Å². The van der Waals surface area contributed by atoms with Crippen molar-refractivity contribution in [2.45, 2.75) is 51.0 Å². The van der Waals surface area contributed by atoms with E-state index >= 15 is 0 Å². The summed E-state index contributed by atoms with van der Waals surface area (Å²) in [5.74, 6) is 0.773. The van der Waals surface area contributed by atoms with E-state index in [2.05, 4.69) is 73.6 Å². The molecule has 2 aliphatic heterocycles. The second kappa shape index (κ2) is 9.53. The summed E-state index contributed by atoms with van der Waals surface area (Å²) in [6, 6.07) is 16.8. The molecular formula is C27H39N3O3S. The molecular weight excluding hydrogens is 446 g/mol. The Hall–Kier alpha value is -2.06. The molecule has 4 N–H and O–H groups in total. The predicted octanol–water partition coefficient (Wildman–Crippen LogP) is 4.92. The zero-order chi connectivity index (χ0) is 24.6. The van der Waals surface area contributed by atoms with Crippen LogP contribution in [0.2, 0.25) is 0 Å². The van der Waals surface area contributed by atoms with E-state index in [4.69, 9.17) is 0 Å². The van der Waals surface area contributed by atoms with Crippen LogP contribution in [0.25, 0.3) is 0 Å². The van der Waals surface area contributed by atoms with Crippen molar-refractivity contribution in [3.05, 3.63) is 65.2 Å². The molecule has 1 amide bonds. The molecule has 0 aliphatic carbocycles. The van der Waals surface area contributed by atoms with Crippen LogP contribution in [0.3, 0.4) is 0 Å². The maximum Gasteiger partial charge on any atom is 0.253 e. The first-order valence-electron chi connectivity index (χ1n) is 12.2. The lowest BCUT2D eigenvalue weighted by Crippen LogP contribution is -2.48. The van der Waals surface area contributed by atoms with Crippen molar-refractivity contribution in [2.75, 3.05) is 43.0 Å². The minimum absolute atomic E-state index is 0.0647. The normalized spacial score (nSPS) is 22.8. The molecule has 1 fully saturated rings. The smallest absolute Gasteiger partial charge is 0.253 e. The summed E-state index contributed by atoms with van der Waals surface area (Å²) >= 11 is 0. The third-order valence-electron chi connectivity index (χ3n) is 7.64. The number of fused-ring (bicyclic) bond motifs is 1. The molecule has 0 bridgehead atoms. The molecule has 1 unspecified atom stereocenters. The highest BCUT2D eigenvalue weighted by Gasteiger charge is 2.41. The Morgan fingerprint density at radius 2 is 1.79 bits per heavy atom. The standard InChI is InChI=1S/C27H39N3O3S/c1-26(2)19-23(27(3,4)20-9-6-5-7-10-20)29-24-21(11-8-12-22(24)26)25(31)28-13-14-30-15-17-34(32,33)18-16-30/h5-12,23,29,32-33H,13-19H2,1-4H3,(H,28,31).